The summed E-state index contributed by atoms with van der Waals surface area (Å²) in [5.41, 5.74) is 0.963. The van der Waals surface area contributed by atoms with Gasteiger partial charge in [0.25, 0.3) is 5.56 Å². The molecule has 0 saturated carbocycles. The molecule has 1 fully saturated rings. The van der Waals surface area contributed by atoms with Gasteiger partial charge in [0.1, 0.15) is 5.82 Å². The Hall–Kier alpha value is -1.95. The van der Waals surface area contributed by atoms with Gasteiger partial charge in [0.15, 0.2) is 0 Å². The maximum absolute atomic E-state index is 12.9. The summed E-state index contributed by atoms with van der Waals surface area (Å²) < 4.78 is 0. The summed E-state index contributed by atoms with van der Waals surface area (Å²) in [5, 5.41) is 2.10. The smallest absolute Gasteiger partial charge is 0.254 e. The molecule has 1 amide bonds. The highest BCUT2D eigenvalue weighted by atomic mass is 32.1. The Kier molecular flexibility index (Phi) is 5.68. The largest absolute Gasteiger partial charge is 0.339 e. The zero-order chi connectivity index (χ0) is 17.8. The third-order valence-electron chi connectivity index (χ3n) is 4.92. The van der Waals surface area contributed by atoms with E-state index < -0.39 is 0 Å². The number of rotatable bonds is 5. The van der Waals surface area contributed by atoms with Crippen molar-refractivity contribution in [2.24, 2.45) is 0 Å². The van der Waals surface area contributed by atoms with Crippen LogP contribution in [0.4, 0.5) is 0 Å². The Bertz CT molecular complexity index is 782. The Morgan fingerprint density at radius 3 is 2.96 bits per heavy atom. The summed E-state index contributed by atoms with van der Waals surface area (Å²) in [6.07, 6.45) is 5.42. The summed E-state index contributed by atoms with van der Waals surface area (Å²) in [6.45, 7) is 4.35. The van der Waals surface area contributed by atoms with Gasteiger partial charge in [-0.25, -0.2) is 4.98 Å². The van der Waals surface area contributed by atoms with Gasteiger partial charge in [-0.1, -0.05) is 6.07 Å². The summed E-state index contributed by atoms with van der Waals surface area (Å²) >= 11 is 1.77. The van der Waals surface area contributed by atoms with E-state index in [1.54, 1.807) is 25.2 Å². The number of H-pyrrole nitrogens is 1. The molecule has 3 rings (SSSR count). The van der Waals surface area contributed by atoms with E-state index >= 15 is 0 Å². The third kappa shape index (κ3) is 4.37. The van der Waals surface area contributed by atoms with Crippen LogP contribution >= 0.6 is 11.3 Å². The molecule has 0 unspecified atom stereocenters. The Morgan fingerprint density at radius 2 is 2.24 bits per heavy atom. The maximum atomic E-state index is 12.9. The van der Waals surface area contributed by atoms with E-state index in [-0.39, 0.29) is 23.9 Å². The second-order valence-electron chi connectivity index (χ2n) is 6.75. The van der Waals surface area contributed by atoms with Crippen molar-refractivity contribution >= 4 is 17.2 Å². The summed E-state index contributed by atoms with van der Waals surface area (Å²) in [6, 6.07) is 4.50. The van der Waals surface area contributed by atoms with Gasteiger partial charge in [0.2, 0.25) is 5.91 Å². The number of hydrogen-bond donors (Lipinski definition) is 1. The lowest BCUT2D eigenvalue weighted by Gasteiger charge is -2.36. The van der Waals surface area contributed by atoms with Crippen molar-refractivity contribution in [3.63, 3.8) is 0 Å². The van der Waals surface area contributed by atoms with E-state index in [1.807, 2.05) is 4.90 Å². The average Bonchev–Trinajstić information content (AvgIpc) is 3.10. The SMILES string of the molecule is Cc1nc(C)c(CC(=O)N2CCCC[C@H]2CCc2cccs2)c(=O)[nH]1. The van der Waals surface area contributed by atoms with Crippen LogP contribution in [-0.2, 0) is 17.6 Å². The minimum atomic E-state index is -0.189. The number of aromatic amines is 1. The molecule has 0 aromatic carbocycles. The summed E-state index contributed by atoms with van der Waals surface area (Å²) in [5.74, 6) is 0.639. The minimum absolute atomic E-state index is 0.0510. The molecular weight excluding hydrogens is 334 g/mol. The molecule has 0 bridgehead atoms. The van der Waals surface area contributed by atoms with Gasteiger partial charge in [-0.05, 0) is 57.4 Å². The zero-order valence-corrected chi connectivity index (χ0v) is 15.7. The molecule has 25 heavy (non-hydrogen) atoms. The first kappa shape index (κ1) is 17.9. The molecule has 1 saturated heterocycles. The predicted molar refractivity (Wildman–Crippen MR) is 100 cm³/mol. The van der Waals surface area contributed by atoms with Crippen molar-refractivity contribution in [1.82, 2.24) is 14.9 Å². The molecular formula is C19H25N3O2S. The second kappa shape index (κ2) is 7.95. The van der Waals surface area contributed by atoms with Crippen LogP contribution in [0.15, 0.2) is 22.3 Å². The number of aryl methyl sites for hydroxylation is 3. The maximum Gasteiger partial charge on any atom is 0.254 e. The van der Waals surface area contributed by atoms with Crippen LogP contribution in [0.5, 0.6) is 0 Å². The van der Waals surface area contributed by atoms with E-state index in [0.717, 1.165) is 32.2 Å². The third-order valence-corrected chi connectivity index (χ3v) is 5.86. The van der Waals surface area contributed by atoms with Crippen molar-refractivity contribution in [2.75, 3.05) is 6.54 Å². The molecule has 1 aliphatic heterocycles. The fraction of sp³-hybridized carbons (Fsp3) is 0.526. The standard InChI is InChI=1S/C19H25N3O2S/c1-13-17(19(24)21-14(2)20-13)12-18(23)22-10-4-3-6-15(22)8-9-16-7-5-11-25-16/h5,7,11,15H,3-4,6,8-10,12H2,1-2H3,(H,20,21,24)/t15-/m0/s1. The highest BCUT2D eigenvalue weighted by Gasteiger charge is 2.27. The van der Waals surface area contributed by atoms with Crippen molar-refractivity contribution in [3.05, 3.63) is 49.8 Å². The van der Waals surface area contributed by atoms with E-state index in [9.17, 15) is 9.59 Å². The monoisotopic (exact) mass is 359 g/mol. The molecule has 1 N–H and O–H groups in total. The molecule has 5 nitrogen and oxygen atoms in total. The second-order valence-corrected chi connectivity index (χ2v) is 7.78. The van der Waals surface area contributed by atoms with E-state index in [2.05, 4.69) is 27.5 Å². The van der Waals surface area contributed by atoms with Gasteiger partial charge in [-0.15, -0.1) is 11.3 Å². The van der Waals surface area contributed by atoms with Gasteiger partial charge in [0.05, 0.1) is 6.42 Å². The number of carbonyl (C=O) groups excluding carboxylic acids is 1. The number of nitrogens with zero attached hydrogens (tertiary/aromatic N) is 2. The fourth-order valence-electron chi connectivity index (χ4n) is 3.60. The molecule has 0 radical (unpaired) electrons. The van der Waals surface area contributed by atoms with Crippen LogP contribution in [0.2, 0.25) is 0 Å². The van der Waals surface area contributed by atoms with Crippen molar-refractivity contribution in [2.45, 2.75) is 58.4 Å². The molecule has 1 aliphatic rings. The van der Waals surface area contributed by atoms with Crippen LogP contribution in [0.25, 0.3) is 0 Å². The van der Waals surface area contributed by atoms with Gasteiger partial charge >= 0.3 is 0 Å². The van der Waals surface area contributed by atoms with Crippen molar-refractivity contribution in [1.29, 1.82) is 0 Å². The molecule has 0 spiro atoms. The quantitative estimate of drug-likeness (QED) is 0.892. The van der Waals surface area contributed by atoms with Crippen LogP contribution in [0.3, 0.4) is 0 Å². The lowest BCUT2D eigenvalue weighted by Crippen LogP contribution is -2.45. The molecule has 3 heterocycles. The number of aromatic nitrogens is 2. The molecule has 2 aromatic rings. The number of hydrogen-bond acceptors (Lipinski definition) is 4. The molecule has 6 heteroatoms. The fourth-order valence-corrected chi connectivity index (χ4v) is 4.33. The number of thiophene rings is 1. The topological polar surface area (TPSA) is 66.1 Å². The lowest BCUT2D eigenvalue weighted by atomic mass is 9.96. The Balaban J connectivity index is 1.69. The molecule has 1 atom stereocenters. The van der Waals surface area contributed by atoms with Gasteiger partial charge in [0, 0.05) is 28.7 Å². The molecule has 2 aromatic heterocycles. The number of carbonyl (C=O) groups is 1. The number of likely N-dealkylation sites (tertiary alicyclic amines) is 1. The average molecular weight is 359 g/mol. The number of amides is 1. The highest BCUT2D eigenvalue weighted by Crippen LogP contribution is 2.23. The number of piperidine rings is 1. The first-order valence-corrected chi connectivity index (χ1v) is 9.81. The summed E-state index contributed by atoms with van der Waals surface area (Å²) in [7, 11) is 0. The summed E-state index contributed by atoms with van der Waals surface area (Å²) in [4.78, 5) is 35.4. The highest BCUT2D eigenvalue weighted by molar-refractivity contribution is 7.09. The molecule has 0 aliphatic carbocycles. The predicted octanol–water partition coefficient (Wildman–Crippen LogP) is 3.00. The van der Waals surface area contributed by atoms with Crippen LogP contribution in [0.1, 0.15) is 47.6 Å². The minimum Gasteiger partial charge on any atom is -0.339 e. The first-order valence-electron chi connectivity index (χ1n) is 8.93. The van der Waals surface area contributed by atoms with E-state index in [1.165, 1.54) is 11.3 Å². The van der Waals surface area contributed by atoms with Crippen LogP contribution in [0, 0.1) is 13.8 Å². The number of nitrogens with one attached hydrogen (secondary N) is 1. The van der Waals surface area contributed by atoms with Gasteiger partial charge in [-0.2, -0.15) is 0 Å². The normalized spacial score (nSPS) is 17.7. The molecule has 134 valence electrons. The van der Waals surface area contributed by atoms with Crippen molar-refractivity contribution < 1.29 is 4.79 Å². The zero-order valence-electron chi connectivity index (χ0n) is 14.9. The van der Waals surface area contributed by atoms with Crippen LogP contribution in [-0.4, -0.2) is 33.4 Å². The van der Waals surface area contributed by atoms with Gasteiger partial charge in [-0.3, -0.25) is 9.59 Å². The van der Waals surface area contributed by atoms with E-state index in [0.29, 0.717) is 17.1 Å². The Labute approximate surface area is 152 Å². The van der Waals surface area contributed by atoms with Crippen molar-refractivity contribution in [3.8, 4) is 0 Å². The van der Waals surface area contributed by atoms with Crippen LogP contribution < -0.4 is 5.56 Å². The lowest BCUT2D eigenvalue weighted by molar-refractivity contribution is -0.134. The first-order chi connectivity index (χ1) is 12.0. The van der Waals surface area contributed by atoms with E-state index in [4.69, 9.17) is 0 Å². The van der Waals surface area contributed by atoms with Gasteiger partial charge < -0.3 is 9.88 Å². The Morgan fingerprint density at radius 1 is 1.40 bits per heavy atom.